The Morgan fingerprint density at radius 3 is 2.36 bits per heavy atom. The highest BCUT2D eigenvalue weighted by Gasteiger charge is 2.37. The van der Waals surface area contributed by atoms with Gasteiger partial charge < -0.3 is 31.1 Å². The van der Waals surface area contributed by atoms with Gasteiger partial charge in [0.2, 0.25) is 17.7 Å². The molecule has 0 aliphatic rings. The SMILES string of the molecule is C#Cc1ccccc1C(C(=O)NC(C)CCC)N(CCO)C(=O)C(CC(N)=O)NC(=O)OC(C)(C)C. The van der Waals surface area contributed by atoms with Gasteiger partial charge >= 0.3 is 6.09 Å². The van der Waals surface area contributed by atoms with Gasteiger partial charge in [0, 0.05) is 18.2 Å². The van der Waals surface area contributed by atoms with Crippen LogP contribution in [0.2, 0.25) is 0 Å². The summed E-state index contributed by atoms with van der Waals surface area (Å²) in [6.07, 6.45) is 5.72. The molecule has 5 N–H and O–H groups in total. The molecule has 1 aromatic rings. The fourth-order valence-corrected chi connectivity index (χ4v) is 3.67. The van der Waals surface area contributed by atoms with E-state index < -0.39 is 54.5 Å². The van der Waals surface area contributed by atoms with E-state index in [0.29, 0.717) is 17.5 Å². The van der Waals surface area contributed by atoms with Gasteiger partial charge in [-0.3, -0.25) is 14.4 Å². The summed E-state index contributed by atoms with van der Waals surface area (Å²) < 4.78 is 5.22. The van der Waals surface area contributed by atoms with Crippen LogP contribution < -0.4 is 16.4 Å². The van der Waals surface area contributed by atoms with Crippen LogP contribution in [-0.2, 0) is 19.1 Å². The van der Waals surface area contributed by atoms with Gasteiger partial charge in [0.05, 0.1) is 13.0 Å². The summed E-state index contributed by atoms with van der Waals surface area (Å²) in [6, 6.07) is 3.74. The minimum Gasteiger partial charge on any atom is -0.444 e. The van der Waals surface area contributed by atoms with E-state index >= 15 is 0 Å². The molecule has 0 bridgehead atoms. The molecule has 0 saturated heterocycles. The maximum absolute atomic E-state index is 13.7. The normalized spacial score (nSPS) is 13.5. The van der Waals surface area contributed by atoms with E-state index in [9.17, 15) is 24.3 Å². The van der Waals surface area contributed by atoms with E-state index in [1.807, 2.05) is 13.8 Å². The zero-order chi connectivity index (χ0) is 27.5. The Bertz CT molecular complexity index is 966. The number of rotatable bonds is 12. The second-order valence-corrected chi connectivity index (χ2v) is 9.46. The topological polar surface area (TPSA) is 151 Å². The molecule has 1 aromatic carbocycles. The lowest BCUT2D eigenvalue weighted by molar-refractivity contribution is -0.144. The Morgan fingerprint density at radius 2 is 1.83 bits per heavy atom. The van der Waals surface area contributed by atoms with Crippen LogP contribution in [0.4, 0.5) is 4.79 Å². The summed E-state index contributed by atoms with van der Waals surface area (Å²) >= 11 is 0. The number of nitrogens with one attached hydrogen (secondary N) is 2. The lowest BCUT2D eigenvalue weighted by Crippen LogP contribution is -2.55. The number of carbonyl (C=O) groups excluding carboxylic acids is 4. The van der Waals surface area contributed by atoms with Crippen molar-refractivity contribution in [2.24, 2.45) is 5.73 Å². The van der Waals surface area contributed by atoms with Crippen molar-refractivity contribution >= 4 is 23.8 Å². The number of hydrogen-bond donors (Lipinski definition) is 4. The minimum absolute atomic E-state index is 0.199. The lowest BCUT2D eigenvalue weighted by Gasteiger charge is -2.35. The first-order valence-corrected chi connectivity index (χ1v) is 11.9. The van der Waals surface area contributed by atoms with Crippen LogP contribution in [0.1, 0.15) is 71.0 Å². The molecule has 3 atom stereocenters. The number of terminal acetylenes is 1. The van der Waals surface area contributed by atoms with Crippen LogP contribution in [-0.4, -0.2) is 64.7 Å². The average Bonchev–Trinajstić information content (AvgIpc) is 2.76. The van der Waals surface area contributed by atoms with Crippen molar-refractivity contribution in [1.29, 1.82) is 0 Å². The number of nitrogens with two attached hydrogens (primary N) is 1. The highest BCUT2D eigenvalue weighted by atomic mass is 16.6. The van der Waals surface area contributed by atoms with Gasteiger partial charge in [-0.15, -0.1) is 6.42 Å². The second-order valence-electron chi connectivity index (χ2n) is 9.46. The largest absolute Gasteiger partial charge is 0.444 e. The van der Waals surface area contributed by atoms with Crippen LogP contribution in [0.5, 0.6) is 0 Å². The fourth-order valence-electron chi connectivity index (χ4n) is 3.67. The number of carbonyl (C=O) groups is 4. The Labute approximate surface area is 212 Å². The summed E-state index contributed by atoms with van der Waals surface area (Å²) in [4.78, 5) is 52.5. The number of aliphatic hydroxyl groups is 1. The van der Waals surface area contributed by atoms with E-state index in [1.165, 1.54) is 0 Å². The Morgan fingerprint density at radius 1 is 1.19 bits per heavy atom. The minimum atomic E-state index is -1.44. The third-order valence-electron chi connectivity index (χ3n) is 5.10. The van der Waals surface area contributed by atoms with Crippen LogP contribution >= 0.6 is 0 Å². The average molecular weight is 503 g/mol. The maximum Gasteiger partial charge on any atom is 0.408 e. The molecule has 10 heteroatoms. The molecule has 0 fully saturated rings. The Kier molecular flexibility index (Phi) is 11.9. The monoisotopic (exact) mass is 502 g/mol. The number of nitrogens with zero attached hydrogens (tertiary/aromatic N) is 1. The smallest absolute Gasteiger partial charge is 0.408 e. The third kappa shape index (κ3) is 9.58. The molecule has 0 saturated carbocycles. The molecule has 4 amide bonds. The number of aliphatic hydroxyl groups excluding tert-OH is 1. The third-order valence-corrected chi connectivity index (χ3v) is 5.10. The molecule has 0 radical (unpaired) electrons. The van der Waals surface area contributed by atoms with E-state index in [1.54, 1.807) is 45.0 Å². The second kappa shape index (κ2) is 14.1. The van der Waals surface area contributed by atoms with Crippen LogP contribution in [0.25, 0.3) is 0 Å². The highest BCUT2D eigenvalue weighted by molar-refractivity contribution is 5.94. The first-order chi connectivity index (χ1) is 16.8. The summed E-state index contributed by atoms with van der Waals surface area (Å²) in [6.45, 7) is 7.98. The molecule has 36 heavy (non-hydrogen) atoms. The zero-order valence-electron chi connectivity index (χ0n) is 21.7. The molecule has 0 aliphatic heterocycles. The quantitative estimate of drug-likeness (QED) is 0.319. The molecular weight excluding hydrogens is 464 g/mol. The zero-order valence-corrected chi connectivity index (χ0v) is 21.7. The molecule has 1 rings (SSSR count). The van der Waals surface area contributed by atoms with Crippen molar-refractivity contribution in [2.45, 2.75) is 77.6 Å². The fraction of sp³-hybridized carbons (Fsp3) is 0.538. The first-order valence-electron chi connectivity index (χ1n) is 11.9. The van der Waals surface area contributed by atoms with E-state index in [4.69, 9.17) is 16.9 Å². The van der Waals surface area contributed by atoms with Crippen molar-refractivity contribution in [3.63, 3.8) is 0 Å². The number of ether oxygens (including phenoxy) is 1. The van der Waals surface area contributed by atoms with Gasteiger partial charge in [-0.2, -0.15) is 0 Å². The number of amides is 4. The van der Waals surface area contributed by atoms with E-state index in [0.717, 1.165) is 11.3 Å². The summed E-state index contributed by atoms with van der Waals surface area (Å²) in [5.74, 6) is 0.348. The molecule has 3 unspecified atom stereocenters. The highest BCUT2D eigenvalue weighted by Crippen LogP contribution is 2.26. The van der Waals surface area contributed by atoms with Crippen molar-refractivity contribution in [3.8, 4) is 12.3 Å². The maximum atomic E-state index is 13.7. The molecule has 198 valence electrons. The summed E-state index contributed by atoms with van der Waals surface area (Å²) in [7, 11) is 0. The Balaban J connectivity index is 3.53. The molecule has 0 spiro atoms. The van der Waals surface area contributed by atoms with Gasteiger partial charge in [-0.05, 0) is 45.7 Å². The number of benzene rings is 1. The van der Waals surface area contributed by atoms with Crippen molar-refractivity contribution in [3.05, 3.63) is 35.4 Å². The predicted octanol–water partition coefficient (Wildman–Crippen LogP) is 1.60. The van der Waals surface area contributed by atoms with Crippen molar-refractivity contribution in [1.82, 2.24) is 15.5 Å². The lowest BCUT2D eigenvalue weighted by atomic mass is 9.97. The van der Waals surface area contributed by atoms with Gasteiger partial charge in [0.25, 0.3) is 0 Å². The van der Waals surface area contributed by atoms with Crippen LogP contribution in [0, 0.1) is 12.3 Å². The van der Waals surface area contributed by atoms with Gasteiger partial charge in [-0.25, -0.2) is 4.79 Å². The van der Waals surface area contributed by atoms with Crippen molar-refractivity contribution < 1.29 is 29.0 Å². The first kappa shape index (κ1) is 30.5. The van der Waals surface area contributed by atoms with E-state index in [-0.39, 0.29) is 12.6 Å². The number of alkyl carbamates (subject to hydrolysis) is 1. The molecule has 0 aromatic heterocycles. The summed E-state index contributed by atoms with van der Waals surface area (Å²) in [5, 5.41) is 15.0. The number of primary amides is 1. The molecule has 10 nitrogen and oxygen atoms in total. The van der Waals surface area contributed by atoms with Gasteiger partial charge in [-0.1, -0.05) is 37.5 Å². The molecular formula is C26H38N4O6. The van der Waals surface area contributed by atoms with E-state index in [2.05, 4.69) is 16.6 Å². The molecule has 0 aliphatic carbocycles. The van der Waals surface area contributed by atoms with Gasteiger partial charge in [0.1, 0.15) is 17.7 Å². The van der Waals surface area contributed by atoms with Crippen molar-refractivity contribution in [2.75, 3.05) is 13.2 Å². The standard InChI is InChI=1S/C26H38N4O6/c1-7-11-17(3)28-23(33)22(19-13-10-9-12-18(19)8-2)30(14-15-31)24(34)20(16-21(27)32)29-25(35)36-26(4,5)6/h2,9-10,12-13,17,20,22,31H,7,11,14-16H2,1,3-6H3,(H2,27,32)(H,28,33)(H,29,35). The Hall–Kier alpha value is -3.58. The summed E-state index contributed by atoms with van der Waals surface area (Å²) in [5.41, 5.74) is 5.22. The van der Waals surface area contributed by atoms with Crippen LogP contribution in [0.3, 0.4) is 0 Å². The number of hydrogen-bond acceptors (Lipinski definition) is 6. The van der Waals surface area contributed by atoms with Crippen LogP contribution in [0.15, 0.2) is 24.3 Å². The van der Waals surface area contributed by atoms with Gasteiger partial charge in [0.15, 0.2) is 0 Å². The predicted molar refractivity (Wildman–Crippen MR) is 135 cm³/mol. The molecule has 0 heterocycles.